The molecule has 3 heteroatoms. The summed E-state index contributed by atoms with van der Waals surface area (Å²) in [6, 6.07) is 8.25. The van der Waals surface area contributed by atoms with Crippen LogP contribution in [0.1, 0.15) is 30.9 Å². The highest BCUT2D eigenvalue weighted by molar-refractivity contribution is 5.34. The van der Waals surface area contributed by atoms with Crippen molar-refractivity contribution in [3.63, 3.8) is 0 Å². The van der Waals surface area contributed by atoms with E-state index in [4.69, 9.17) is 0 Å². The van der Waals surface area contributed by atoms with Crippen molar-refractivity contribution in [3.05, 3.63) is 29.8 Å². The first-order valence-corrected chi connectivity index (χ1v) is 7.07. The maximum absolute atomic E-state index is 10.1. The molecule has 0 bridgehead atoms. The third-order valence-corrected chi connectivity index (χ3v) is 4.14. The lowest BCUT2D eigenvalue weighted by Crippen LogP contribution is -2.45. The van der Waals surface area contributed by atoms with Gasteiger partial charge in [-0.2, -0.15) is 0 Å². The van der Waals surface area contributed by atoms with Crippen molar-refractivity contribution >= 4 is 0 Å². The van der Waals surface area contributed by atoms with E-state index in [-0.39, 0.29) is 0 Å². The molecular formula is C15H22N2O. The Morgan fingerprint density at radius 2 is 1.94 bits per heavy atom. The Kier molecular flexibility index (Phi) is 3.52. The van der Waals surface area contributed by atoms with E-state index in [0.717, 1.165) is 37.7 Å². The van der Waals surface area contributed by atoms with E-state index in [0.29, 0.717) is 11.8 Å². The molecule has 1 heterocycles. The number of hydrogen-bond donors (Lipinski definition) is 2. The van der Waals surface area contributed by atoms with Gasteiger partial charge in [-0.25, -0.2) is 0 Å². The molecule has 1 aromatic carbocycles. The third-order valence-electron chi connectivity index (χ3n) is 4.14. The first kappa shape index (κ1) is 12.0. The van der Waals surface area contributed by atoms with E-state index in [9.17, 15) is 5.11 Å². The van der Waals surface area contributed by atoms with Crippen molar-refractivity contribution in [2.24, 2.45) is 5.92 Å². The van der Waals surface area contributed by atoms with Crippen LogP contribution >= 0.6 is 0 Å². The van der Waals surface area contributed by atoms with Gasteiger partial charge in [0, 0.05) is 37.8 Å². The molecule has 3 nitrogen and oxygen atoms in total. The fourth-order valence-corrected chi connectivity index (χ4v) is 2.91. The standard InChI is InChI=1S/C15H22N2O/c18-15-4-2-1-3-13(15)14(11-12-5-6-12)17-9-7-16-8-10-17/h1-4,12,14,16,18H,5-11H2/t14-/m1/s1. The van der Waals surface area contributed by atoms with E-state index >= 15 is 0 Å². The molecule has 1 aromatic rings. The van der Waals surface area contributed by atoms with Gasteiger partial charge in [0.2, 0.25) is 0 Å². The molecule has 0 radical (unpaired) electrons. The van der Waals surface area contributed by atoms with Gasteiger partial charge in [0.05, 0.1) is 0 Å². The van der Waals surface area contributed by atoms with Gasteiger partial charge < -0.3 is 10.4 Å². The predicted molar refractivity (Wildman–Crippen MR) is 72.6 cm³/mol. The minimum absolute atomic E-state index is 0.404. The zero-order chi connectivity index (χ0) is 12.4. The molecule has 3 rings (SSSR count). The predicted octanol–water partition coefficient (Wildman–Crippen LogP) is 2.14. The summed E-state index contributed by atoms with van der Waals surface area (Å²) < 4.78 is 0. The summed E-state index contributed by atoms with van der Waals surface area (Å²) in [5.41, 5.74) is 1.12. The van der Waals surface area contributed by atoms with Crippen molar-refractivity contribution < 1.29 is 5.11 Å². The summed E-state index contributed by atoms with van der Waals surface area (Å²) in [6.45, 7) is 4.31. The van der Waals surface area contributed by atoms with Crippen LogP contribution in [0.5, 0.6) is 5.75 Å². The van der Waals surface area contributed by atoms with Crippen molar-refractivity contribution in [2.75, 3.05) is 26.2 Å². The highest BCUT2D eigenvalue weighted by Gasteiger charge is 2.31. The lowest BCUT2D eigenvalue weighted by Gasteiger charge is -2.35. The number of nitrogens with zero attached hydrogens (tertiary/aromatic N) is 1. The molecule has 0 unspecified atom stereocenters. The van der Waals surface area contributed by atoms with Gasteiger partial charge in [0.1, 0.15) is 5.75 Å². The molecule has 1 atom stereocenters. The van der Waals surface area contributed by atoms with Gasteiger partial charge in [-0.15, -0.1) is 0 Å². The summed E-state index contributed by atoms with van der Waals surface area (Å²) in [5.74, 6) is 1.34. The minimum atomic E-state index is 0.404. The van der Waals surface area contributed by atoms with Gasteiger partial charge in [-0.05, 0) is 18.4 Å². The van der Waals surface area contributed by atoms with Crippen LogP contribution < -0.4 is 5.32 Å². The Morgan fingerprint density at radius 1 is 1.22 bits per heavy atom. The molecule has 1 aliphatic carbocycles. The van der Waals surface area contributed by atoms with Crippen molar-refractivity contribution in [1.82, 2.24) is 10.2 Å². The second kappa shape index (κ2) is 5.29. The molecule has 0 aromatic heterocycles. The molecule has 98 valence electrons. The van der Waals surface area contributed by atoms with Gasteiger partial charge in [0.15, 0.2) is 0 Å². The van der Waals surface area contributed by atoms with E-state index in [1.165, 1.54) is 19.3 Å². The zero-order valence-electron chi connectivity index (χ0n) is 10.8. The first-order chi connectivity index (χ1) is 8.84. The van der Waals surface area contributed by atoms with Crippen molar-refractivity contribution in [3.8, 4) is 5.75 Å². The SMILES string of the molecule is Oc1ccccc1[C@@H](CC1CC1)N1CCNCC1. The molecule has 0 spiro atoms. The number of hydrogen-bond acceptors (Lipinski definition) is 3. The largest absolute Gasteiger partial charge is 0.508 e. The molecule has 2 fully saturated rings. The molecular weight excluding hydrogens is 224 g/mol. The van der Waals surface area contributed by atoms with Crippen LogP contribution in [0.3, 0.4) is 0 Å². The quantitative estimate of drug-likeness (QED) is 0.854. The average molecular weight is 246 g/mol. The lowest BCUT2D eigenvalue weighted by molar-refractivity contribution is 0.158. The van der Waals surface area contributed by atoms with Crippen molar-refractivity contribution in [2.45, 2.75) is 25.3 Å². The molecule has 18 heavy (non-hydrogen) atoms. The molecule has 2 aliphatic rings. The van der Waals surface area contributed by atoms with Crippen LogP contribution in [0.25, 0.3) is 0 Å². The number of nitrogens with one attached hydrogen (secondary N) is 1. The number of phenolic OH excluding ortho intramolecular Hbond substituents is 1. The number of rotatable bonds is 4. The topological polar surface area (TPSA) is 35.5 Å². The van der Waals surface area contributed by atoms with Gasteiger partial charge >= 0.3 is 0 Å². The average Bonchev–Trinajstić information content (AvgIpc) is 3.22. The number of aromatic hydroxyl groups is 1. The molecule has 0 amide bonds. The Labute approximate surface area is 109 Å². The van der Waals surface area contributed by atoms with Gasteiger partial charge in [-0.3, -0.25) is 4.90 Å². The van der Waals surface area contributed by atoms with E-state index < -0.39 is 0 Å². The Hall–Kier alpha value is -1.06. The van der Waals surface area contributed by atoms with Crippen LogP contribution in [0.15, 0.2) is 24.3 Å². The van der Waals surface area contributed by atoms with Gasteiger partial charge in [-0.1, -0.05) is 31.0 Å². The summed E-state index contributed by atoms with van der Waals surface area (Å²) in [4.78, 5) is 2.53. The summed E-state index contributed by atoms with van der Waals surface area (Å²) in [5, 5.41) is 13.5. The second-order valence-corrected chi connectivity index (χ2v) is 5.54. The lowest BCUT2D eigenvalue weighted by atomic mass is 9.98. The monoisotopic (exact) mass is 246 g/mol. The smallest absolute Gasteiger partial charge is 0.120 e. The van der Waals surface area contributed by atoms with E-state index in [1.807, 2.05) is 18.2 Å². The summed E-state index contributed by atoms with van der Waals surface area (Å²) in [6.07, 6.45) is 3.95. The van der Waals surface area contributed by atoms with Crippen LogP contribution in [-0.4, -0.2) is 36.2 Å². The second-order valence-electron chi connectivity index (χ2n) is 5.54. The normalized spacial score (nSPS) is 22.9. The third kappa shape index (κ3) is 2.68. The summed E-state index contributed by atoms with van der Waals surface area (Å²) >= 11 is 0. The summed E-state index contributed by atoms with van der Waals surface area (Å²) in [7, 11) is 0. The Bertz CT molecular complexity index is 397. The maximum atomic E-state index is 10.1. The number of phenols is 1. The van der Waals surface area contributed by atoms with E-state index in [1.54, 1.807) is 0 Å². The highest BCUT2D eigenvalue weighted by atomic mass is 16.3. The van der Waals surface area contributed by atoms with Gasteiger partial charge in [0.25, 0.3) is 0 Å². The minimum Gasteiger partial charge on any atom is -0.508 e. The van der Waals surface area contributed by atoms with Crippen LogP contribution in [0.4, 0.5) is 0 Å². The van der Waals surface area contributed by atoms with E-state index in [2.05, 4.69) is 16.3 Å². The highest BCUT2D eigenvalue weighted by Crippen LogP contribution is 2.42. The fraction of sp³-hybridized carbons (Fsp3) is 0.600. The fourth-order valence-electron chi connectivity index (χ4n) is 2.91. The zero-order valence-corrected chi connectivity index (χ0v) is 10.8. The Balaban J connectivity index is 1.81. The maximum Gasteiger partial charge on any atom is 0.120 e. The molecule has 2 N–H and O–H groups in total. The van der Waals surface area contributed by atoms with Crippen LogP contribution in [0.2, 0.25) is 0 Å². The van der Waals surface area contributed by atoms with Crippen LogP contribution in [-0.2, 0) is 0 Å². The molecule has 1 aliphatic heterocycles. The number of piperazine rings is 1. The number of para-hydroxylation sites is 1. The molecule has 1 saturated heterocycles. The first-order valence-electron chi connectivity index (χ1n) is 7.07. The molecule has 1 saturated carbocycles. The van der Waals surface area contributed by atoms with Crippen molar-refractivity contribution in [1.29, 1.82) is 0 Å². The Morgan fingerprint density at radius 3 is 2.61 bits per heavy atom. The number of benzene rings is 1. The van der Waals surface area contributed by atoms with Crippen LogP contribution in [0, 0.1) is 5.92 Å².